The van der Waals surface area contributed by atoms with Crippen LogP contribution in [0.15, 0.2) is 96.1 Å². The van der Waals surface area contributed by atoms with Crippen LogP contribution in [0, 0.1) is 0 Å². The van der Waals surface area contributed by atoms with Gasteiger partial charge in [-0.3, -0.25) is 9.59 Å². The summed E-state index contributed by atoms with van der Waals surface area (Å²) in [5.41, 5.74) is 5.69. The van der Waals surface area contributed by atoms with Crippen LogP contribution in [0.1, 0.15) is 35.4 Å². The van der Waals surface area contributed by atoms with E-state index in [1.807, 2.05) is 91.0 Å². The fourth-order valence-corrected chi connectivity index (χ4v) is 3.09. The van der Waals surface area contributed by atoms with E-state index in [9.17, 15) is 9.59 Å². The van der Waals surface area contributed by atoms with E-state index in [1.54, 1.807) is 0 Å². The quantitative estimate of drug-likeness (QED) is 0.450. The molecule has 3 rings (SSSR count). The van der Waals surface area contributed by atoms with Crippen molar-refractivity contribution in [3.8, 4) is 0 Å². The third kappa shape index (κ3) is 5.62. The van der Waals surface area contributed by atoms with Crippen LogP contribution in [0.25, 0.3) is 0 Å². The highest BCUT2D eigenvalue weighted by Crippen LogP contribution is 2.24. The largest absolute Gasteiger partial charge is 0.481 e. The fraction of sp³-hybridized carbons (Fsp3) is 0.125. The first kappa shape index (κ1) is 20.0. The van der Waals surface area contributed by atoms with Gasteiger partial charge in [-0.1, -0.05) is 91.0 Å². The van der Waals surface area contributed by atoms with Gasteiger partial charge in [0.2, 0.25) is 0 Å². The molecule has 0 radical (unpaired) electrons. The number of rotatable bonds is 8. The number of nitrogens with zero attached hydrogens (tertiary/aromatic N) is 1. The Bertz CT molecular complexity index is 931. The van der Waals surface area contributed by atoms with Gasteiger partial charge < -0.3 is 5.11 Å². The second-order valence-corrected chi connectivity index (χ2v) is 6.55. The predicted octanol–water partition coefficient (Wildman–Crippen LogP) is 4.20. The summed E-state index contributed by atoms with van der Waals surface area (Å²) in [6.45, 7) is 0. The Labute approximate surface area is 169 Å². The van der Waals surface area contributed by atoms with Crippen LogP contribution in [0.3, 0.4) is 0 Å². The van der Waals surface area contributed by atoms with Crippen LogP contribution >= 0.6 is 0 Å². The smallest absolute Gasteiger partial charge is 0.303 e. The second-order valence-electron chi connectivity index (χ2n) is 6.55. The van der Waals surface area contributed by atoms with E-state index in [2.05, 4.69) is 10.5 Å². The highest BCUT2D eigenvalue weighted by Gasteiger charge is 2.22. The predicted molar refractivity (Wildman–Crippen MR) is 113 cm³/mol. The Morgan fingerprint density at radius 2 is 1.24 bits per heavy atom. The first-order chi connectivity index (χ1) is 14.1. The van der Waals surface area contributed by atoms with Crippen LogP contribution < -0.4 is 5.43 Å². The van der Waals surface area contributed by atoms with E-state index in [1.165, 1.54) is 0 Å². The maximum Gasteiger partial charge on any atom is 0.303 e. The van der Waals surface area contributed by atoms with Gasteiger partial charge in [0.1, 0.15) is 0 Å². The number of hydrogen-bond donors (Lipinski definition) is 2. The molecule has 0 aromatic heterocycles. The van der Waals surface area contributed by atoms with Gasteiger partial charge in [-0.25, -0.2) is 5.43 Å². The van der Waals surface area contributed by atoms with Gasteiger partial charge in [-0.15, -0.1) is 0 Å². The van der Waals surface area contributed by atoms with Crippen molar-refractivity contribution in [1.82, 2.24) is 5.43 Å². The number of benzene rings is 3. The van der Waals surface area contributed by atoms with Gasteiger partial charge in [0.15, 0.2) is 0 Å². The maximum absolute atomic E-state index is 13.1. The van der Waals surface area contributed by atoms with Gasteiger partial charge in [-0.2, -0.15) is 5.10 Å². The van der Waals surface area contributed by atoms with Crippen molar-refractivity contribution in [2.45, 2.75) is 18.8 Å². The van der Waals surface area contributed by atoms with Crippen molar-refractivity contribution in [1.29, 1.82) is 0 Å². The van der Waals surface area contributed by atoms with E-state index in [0.29, 0.717) is 5.71 Å². The molecule has 0 saturated heterocycles. The normalized spacial score (nSPS) is 11.3. The Balaban J connectivity index is 1.88. The molecule has 5 nitrogen and oxygen atoms in total. The standard InChI is InChI=1S/C24H22N2O3/c27-22(28)17-16-21(18-10-4-1-5-11-18)25-26-24(29)23(19-12-6-2-7-13-19)20-14-8-3-9-15-20/h1-15,23H,16-17H2,(H,26,29)(H,27,28)/b25-21-. The number of aliphatic carboxylic acids is 1. The molecular formula is C24H22N2O3. The lowest BCUT2D eigenvalue weighted by atomic mass is 9.91. The van der Waals surface area contributed by atoms with Crippen molar-refractivity contribution in [2.75, 3.05) is 0 Å². The minimum absolute atomic E-state index is 0.0651. The summed E-state index contributed by atoms with van der Waals surface area (Å²) in [6.07, 6.45) is 0.158. The first-order valence-corrected chi connectivity index (χ1v) is 9.38. The summed E-state index contributed by atoms with van der Waals surface area (Å²) in [7, 11) is 0. The van der Waals surface area contributed by atoms with Crippen molar-refractivity contribution in [2.24, 2.45) is 5.10 Å². The zero-order valence-corrected chi connectivity index (χ0v) is 15.9. The average Bonchev–Trinajstić information content (AvgIpc) is 2.76. The van der Waals surface area contributed by atoms with Crippen molar-refractivity contribution in [3.63, 3.8) is 0 Å². The van der Waals surface area contributed by atoms with Crippen LogP contribution in [0.4, 0.5) is 0 Å². The molecule has 1 amide bonds. The third-order valence-electron chi connectivity index (χ3n) is 4.51. The van der Waals surface area contributed by atoms with Gasteiger partial charge >= 0.3 is 5.97 Å². The van der Waals surface area contributed by atoms with Gasteiger partial charge in [0.05, 0.1) is 18.1 Å². The zero-order chi connectivity index (χ0) is 20.5. The number of hydrogen-bond acceptors (Lipinski definition) is 3. The molecule has 0 fully saturated rings. The molecular weight excluding hydrogens is 364 g/mol. The Kier molecular flexibility index (Phi) is 6.90. The summed E-state index contributed by atoms with van der Waals surface area (Å²) < 4.78 is 0. The Morgan fingerprint density at radius 3 is 1.72 bits per heavy atom. The topological polar surface area (TPSA) is 78.8 Å². The maximum atomic E-state index is 13.1. The number of nitrogens with one attached hydrogen (secondary N) is 1. The molecule has 0 bridgehead atoms. The van der Waals surface area contributed by atoms with Gasteiger partial charge in [0, 0.05) is 6.42 Å². The van der Waals surface area contributed by atoms with Crippen LogP contribution in [-0.2, 0) is 9.59 Å². The summed E-state index contributed by atoms with van der Waals surface area (Å²) in [6, 6.07) is 28.3. The SMILES string of the molecule is O=C(O)CC/C(=N/NC(=O)C(c1ccccc1)c1ccccc1)c1ccccc1. The number of carbonyl (C=O) groups is 2. The summed E-state index contributed by atoms with van der Waals surface area (Å²) >= 11 is 0. The number of carboxylic acid groups (broad SMARTS) is 1. The monoisotopic (exact) mass is 386 g/mol. The molecule has 0 saturated carbocycles. The van der Waals surface area contributed by atoms with E-state index in [0.717, 1.165) is 16.7 Å². The molecule has 0 aliphatic heterocycles. The van der Waals surface area contributed by atoms with Crippen LogP contribution in [-0.4, -0.2) is 22.7 Å². The minimum atomic E-state index is -0.911. The van der Waals surface area contributed by atoms with Crippen molar-refractivity contribution >= 4 is 17.6 Å². The molecule has 29 heavy (non-hydrogen) atoms. The van der Waals surface area contributed by atoms with E-state index >= 15 is 0 Å². The third-order valence-corrected chi connectivity index (χ3v) is 4.51. The average molecular weight is 386 g/mol. The molecule has 0 spiro atoms. The number of amides is 1. The molecule has 0 atom stereocenters. The molecule has 0 aliphatic rings. The van der Waals surface area contributed by atoms with Gasteiger partial charge in [-0.05, 0) is 16.7 Å². The molecule has 5 heteroatoms. The highest BCUT2D eigenvalue weighted by atomic mass is 16.4. The lowest BCUT2D eigenvalue weighted by Gasteiger charge is -2.17. The molecule has 0 aliphatic carbocycles. The minimum Gasteiger partial charge on any atom is -0.481 e. The first-order valence-electron chi connectivity index (χ1n) is 9.38. The van der Waals surface area contributed by atoms with E-state index in [-0.39, 0.29) is 18.7 Å². The molecule has 146 valence electrons. The summed E-state index contributed by atoms with van der Waals surface area (Å²) in [4.78, 5) is 24.1. The molecule has 2 N–H and O–H groups in total. The Hall–Kier alpha value is -3.73. The number of carbonyl (C=O) groups excluding carboxylic acids is 1. The molecule has 0 heterocycles. The zero-order valence-electron chi connectivity index (χ0n) is 15.9. The Morgan fingerprint density at radius 1 is 0.759 bits per heavy atom. The fourth-order valence-electron chi connectivity index (χ4n) is 3.09. The summed E-state index contributed by atoms with van der Waals surface area (Å²) in [5.74, 6) is -1.70. The second kappa shape index (κ2) is 9.99. The number of hydrazone groups is 1. The van der Waals surface area contributed by atoms with E-state index < -0.39 is 11.9 Å². The van der Waals surface area contributed by atoms with Crippen molar-refractivity contribution < 1.29 is 14.7 Å². The van der Waals surface area contributed by atoms with Crippen molar-refractivity contribution in [3.05, 3.63) is 108 Å². The lowest BCUT2D eigenvalue weighted by Crippen LogP contribution is -2.27. The highest BCUT2D eigenvalue weighted by molar-refractivity contribution is 6.02. The molecule has 0 unspecified atom stereocenters. The lowest BCUT2D eigenvalue weighted by molar-refractivity contribution is -0.136. The van der Waals surface area contributed by atoms with Gasteiger partial charge in [0.25, 0.3) is 5.91 Å². The summed E-state index contributed by atoms with van der Waals surface area (Å²) in [5, 5.41) is 13.3. The van der Waals surface area contributed by atoms with Crippen LogP contribution in [0.2, 0.25) is 0 Å². The molecule has 3 aromatic carbocycles. The number of carboxylic acids is 1. The van der Waals surface area contributed by atoms with Crippen LogP contribution in [0.5, 0.6) is 0 Å². The molecule has 3 aromatic rings. The van der Waals surface area contributed by atoms with E-state index in [4.69, 9.17) is 5.11 Å².